The highest BCUT2D eigenvalue weighted by Crippen LogP contribution is 2.23. The molecule has 84 valence electrons. The molecule has 0 radical (unpaired) electrons. The Hall–Kier alpha value is -1.58. The Bertz CT molecular complexity index is 472. The van der Waals surface area contributed by atoms with Crippen LogP contribution < -0.4 is 0 Å². The Morgan fingerprint density at radius 3 is 3.31 bits per heavy atom. The topological polar surface area (TPSA) is 43.9 Å². The molecule has 1 aliphatic heterocycles. The molecule has 1 unspecified atom stereocenters. The summed E-state index contributed by atoms with van der Waals surface area (Å²) in [6, 6.07) is 1.95. The summed E-state index contributed by atoms with van der Waals surface area (Å²) in [5, 5.41) is 3.97. The molecule has 4 nitrogen and oxygen atoms in total. The fraction of sp³-hybridized carbons (Fsp3) is 0.500. The lowest BCUT2D eigenvalue weighted by molar-refractivity contribution is 0.361. The number of nitrogens with zero attached hydrogens (tertiary/aromatic N) is 3. The maximum atomic E-state index is 4.86. The maximum Gasteiger partial charge on any atom is 0.124 e. The Morgan fingerprint density at radius 2 is 2.50 bits per heavy atom. The summed E-state index contributed by atoms with van der Waals surface area (Å²) >= 11 is 0. The molecule has 3 heterocycles. The van der Waals surface area contributed by atoms with Crippen molar-refractivity contribution >= 4 is 0 Å². The highest BCUT2D eigenvalue weighted by Gasteiger charge is 2.20. The molecule has 0 aromatic carbocycles. The zero-order valence-electron chi connectivity index (χ0n) is 9.39. The molecule has 0 fully saturated rings. The predicted octanol–water partition coefficient (Wildman–Crippen LogP) is 1.98. The van der Waals surface area contributed by atoms with Crippen molar-refractivity contribution in [2.75, 3.05) is 0 Å². The second-order valence-corrected chi connectivity index (χ2v) is 4.55. The van der Waals surface area contributed by atoms with Crippen LogP contribution in [0.15, 0.2) is 23.0 Å². The molecule has 2 aromatic rings. The molecule has 1 aliphatic rings. The highest BCUT2D eigenvalue weighted by molar-refractivity contribution is 5.07. The van der Waals surface area contributed by atoms with Gasteiger partial charge in [-0.1, -0.05) is 5.16 Å². The molecule has 3 rings (SSSR count). The van der Waals surface area contributed by atoms with E-state index in [0.717, 1.165) is 30.8 Å². The van der Waals surface area contributed by atoms with Gasteiger partial charge < -0.3 is 9.09 Å². The Morgan fingerprint density at radius 1 is 1.56 bits per heavy atom. The molecule has 0 aliphatic carbocycles. The van der Waals surface area contributed by atoms with Gasteiger partial charge in [0.2, 0.25) is 0 Å². The van der Waals surface area contributed by atoms with Crippen molar-refractivity contribution < 1.29 is 4.52 Å². The number of rotatable bonds is 2. The lowest BCUT2D eigenvalue weighted by atomic mass is 9.93. The number of imidazole rings is 1. The molecule has 0 saturated heterocycles. The van der Waals surface area contributed by atoms with Gasteiger partial charge in [0.15, 0.2) is 0 Å². The first-order valence-electron chi connectivity index (χ1n) is 5.73. The van der Waals surface area contributed by atoms with Crippen molar-refractivity contribution in [2.45, 2.75) is 32.7 Å². The van der Waals surface area contributed by atoms with Crippen molar-refractivity contribution in [1.29, 1.82) is 0 Å². The summed E-state index contributed by atoms with van der Waals surface area (Å²) in [5.74, 6) is 1.87. The Kier molecular flexibility index (Phi) is 2.27. The minimum atomic E-state index is 0.652. The van der Waals surface area contributed by atoms with Crippen LogP contribution in [0.25, 0.3) is 0 Å². The maximum absolute atomic E-state index is 4.86. The van der Waals surface area contributed by atoms with Gasteiger partial charge in [-0.25, -0.2) is 4.98 Å². The van der Waals surface area contributed by atoms with Gasteiger partial charge in [-0.2, -0.15) is 0 Å². The first-order valence-corrected chi connectivity index (χ1v) is 5.73. The number of hydrogen-bond donors (Lipinski definition) is 0. The monoisotopic (exact) mass is 217 g/mol. The van der Waals surface area contributed by atoms with E-state index in [1.165, 1.54) is 12.2 Å². The zero-order valence-corrected chi connectivity index (χ0v) is 9.39. The number of hydrogen-bond acceptors (Lipinski definition) is 3. The average molecular weight is 217 g/mol. The van der Waals surface area contributed by atoms with Crippen LogP contribution in [-0.4, -0.2) is 14.7 Å². The summed E-state index contributed by atoms with van der Waals surface area (Å²) < 4.78 is 7.13. The third kappa shape index (κ3) is 1.75. The molecule has 16 heavy (non-hydrogen) atoms. The molecular formula is C12H15N3O. The van der Waals surface area contributed by atoms with Gasteiger partial charge in [0.1, 0.15) is 12.1 Å². The molecule has 0 bridgehead atoms. The van der Waals surface area contributed by atoms with Crippen LogP contribution >= 0.6 is 0 Å². The molecule has 0 amide bonds. The van der Waals surface area contributed by atoms with Gasteiger partial charge in [0, 0.05) is 25.2 Å². The first kappa shape index (κ1) is 9.63. The van der Waals surface area contributed by atoms with Crippen LogP contribution in [0, 0.1) is 12.8 Å². The molecule has 2 aromatic heterocycles. The van der Waals surface area contributed by atoms with Gasteiger partial charge in [-0.05, 0) is 25.7 Å². The van der Waals surface area contributed by atoms with Gasteiger partial charge in [0.05, 0.1) is 11.4 Å². The van der Waals surface area contributed by atoms with Crippen molar-refractivity contribution in [2.24, 2.45) is 5.92 Å². The van der Waals surface area contributed by atoms with Crippen LogP contribution in [0.3, 0.4) is 0 Å². The second kappa shape index (κ2) is 3.77. The number of aromatic nitrogens is 3. The second-order valence-electron chi connectivity index (χ2n) is 4.55. The zero-order chi connectivity index (χ0) is 11.0. The van der Waals surface area contributed by atoms with Gasteiger partial charge in [-0.15, -0.1) is 0 Å². The van der Waals surface area contributed by atoms with E-state index in [9.17, 15) is 0 Å². The van der Waals surface area contributed by atoms with Gasteiger partial charge >= 0.3 is 0 Å². The summed E-state index contributed by atoms with van der Waals surface area (Å²) in [5.41, 5.74) is 2.18. The average Bonchev–Trinajstić information content (AvgIpc) is 2.85. The van der Waals surface area contributed by atoms with E-state index >= 15 is 0 Å². The van der Waals surface area contributed by atoms with Crippen LogP contribution in [0.5, 0.6) is 0 Å². The summed E-state index contributed by atoms with van der Waals surface area (Å²) in [7, 11) is 0. The molecule has 4 heteroatoms. The van der Waals surface area contributed by atoms with E-state index in [4.69, 9.17) is 4.52 Å². The van der Waals surface area contributed by atoms with E-state index in [0.29, 0.717) is 5.92 Å². The number of fused-ring (bicyclic) bond motifs is 1. The Labute approximate surface area is 94.3 Å². The van der Waals surface area contributed by atoms with Crippen molar-refractivity contribution in [3.63, 3.8) is 0 Å². The van der Waals surface area contributed by atoms with Crippen molar-refractivity contribution in [1.82, 2.24) is 14.7 Å². The predicted molar refractivity (Wildman–Crippen MR) is 59.0 cm³/mol. The van der Waals surface area contributed by atoms with Crippen LogP contribution in [-0.2, 0) is 19.4 Å². The lowest BCUT2D eigenvalue weighted by Gasteiger charge is -2.22. The molecule has 1 atom stereocenters. The molecule has 0 N–H and O–H groups in total. The Balaban J connectivity index is 1.73. The first-order chi connectivity index (χ1) is 7.81. The fourth-order valence-electron chi connectivity index (χ4n) is 2.45. The third-order valence-corrected chi connectivity index (χ3v) is 3.22. The number of aryl methyl sites for hydroxylation is 2. The fourth-order valence-corrected chi connectivity index (χ4v) is 2.45. The van der Waals surface area contributed by atoms with E-state index < -0.39 is 0 Å². The SMILES string of the molecule is Cc1cn2c(n1)CC(Cc1ccon1)CC2. The standard InChI is InChI=1S/C12H15N3O/c1-9-8-15-4-2-10(7-12(15)13-9)6-11-3-5-16-14-11/h3,5,8,10H,2,4,6-7H2,1H3. The third-order valence-electron chi connectivity index (χ3n) is 3.22. The lowest BCUT2D eigenvalue weighted by Crippen LogP contribution is -2.20. The van der Waals surface area contributed by atoms with Gasteiger partial charge in [0.25, 0.3) is 0 Å². The molecule has 0 spiro atoms. The van der Waals surface area contributed by atoms with Crippen LogP contribution in [0.4, 0.5) is 0 Å². The minimum absolute atomic E-state index is 0.652. The van der Waals surface area contributed by atoms with E-state index in [2.05, 4.69) is 27.8 Å². The minimum Gasteiger partial charge on any atom is -0.365 e. The summed E-state index contributed by atoms with van der Waals surface area (Å²) in [6.07, 6.45) is 7.05. The van der Waals surface area contributed by atoms with Gasteiger partial charge in [-0.3, -0.25) is 0 Å². The van der Waals surface area contributed by atoms with Crippen LogP contribution in [0.1, 0.15) is 23.6 Å². The largest absolute Gasteiger partial charge is 0.365 e. The smallest absolute Gasteiger partial charge is 0.124 e. The summed E-state index contributed by atoms with van der Waals surface area (Å²) in [6.45, 7) is 3.14. The molecular weight excluding hydrogens is 202 g/mol. The van der Waals surface area contributed by atoms with E-state index in [-0.39, 0.29) is 0 Å². The van der Waals surface area contributed by atoms with E-state index in [1.54, 1.807) is 6.26 Å². The van der Waals surface area contributed by atoms with Crippen LogP contribution in [0.2, 0.25) is 0 Å². The highest BCUT2D eigenvalue weighted by atomic mass is 16.5. The molecule has 0 saturated carbocycles. The quantitative estimate of drug-likeness (QED) is 0.772. The normalized spacial score (nSPS) is 19.7. The van der Waals surface area contributed by atoms with E-state index in [1.807, 2.05) is 6.07 Å². The van der Waals surface area contributed by atoms with Crippen molar-refractivity contribution in [3.8, 4) is 0 Å². The summed E-state index contributed by atoms with van der Waals surface area (Å²) in [4.78, 5) is 4.55. The van der Waals surface area contributed by atoms with Crippen molar-refractivity contribution in [3.05, 3.63) is 35.7 Å².